The van der Waals surface area contributed by atoms with E-state index < -0.39 is 23.4 Å². The average molecular weight is 297 g/mol. The van der Waals surface area contributed by atoms with Crippen molar-refractivity contribution >= 4 is 17.7 Å². The zero-order chi connectivity index (χ0) is 16.0. The fraction of sp³-hybridized carbons (Fsp3) is 0.429. The molecule has 0 atom stereocenters. The quantitative estimate of drug-likeness (QED) is 0.750. The van der Waals surface area contributed by atoms with Crippen LogP contribution in [-0.2, 0) is 0 Å². The number of carbonyl (C=O) groups excluding carboxylic acids is 1. The number of halogens is 1. The maximum absolute atomic E-state index is 13.4. The SMILES string of the molecule is CC(C)N(C)CCNC(=O)Nc1cccc(F)c1C(=O)O. The van der Waals surface area contributed by atoms with E-state index in [0.717, 1.165) is 6.07 Å². The molecule has 0 bridgehead atoms. The Bertz CT molecular complexity index is 520. The third-order valence-electron chi connectivity index (χ3n) is 3.11. The number of carboxylic acid groups (broad SMARTS) is 1. The molecule has 1 rings (SSSR count). The smallest absolute Gasteiger partial charge is 0.340 e. The molecule has 1 aromatic carbocycles. The van der Waals surface area contributed by atoms with Gasteiger partial charge >= 0.3 is 12.0 Å². The standard InChI is InChI=1S/C14H20FN3O3/c1-9(2)18(3)8-7-16-14(21)17-11-6-4-5-10(15)12(11)13(19)20/h4-6,9H,7-8H2,1-3H3,(H,19,20)(H2,16,17,21). The fourth-order valence-corrected chi connectivity index (χ4v) is 1.62. The Balaban J connectivity index is 2.60. The number of likely N-dealkylation sites (N-methyl/N-ethyl adjacent to an activating group) is 1. The molecule has 0 aliphatic heterocycles. The largest absolute Gasteiger partial charge is 0.478 e. The molecule has 0 aliphatic rings. The summed E-state index contributed by atoms with van der Waals surface area (Å²) < 4.78 is 13.4. The molecule has 0 heterocycles. The molecule has 3 N–H and O–H groups in total. The van der Waals surface area contributed by atoms with Crippen LogP contribution in [0.25, 0.3) is 0 Å². The van der Waals surface area contributed by atoms with Crippen molar-refractivity contribution in [1.82, 2.24) is 10.2 Å². The first-order valence-corrected chi connectivity index (χ1v) is 6.59. The molecular weight excluding hydrogens is 277 g/mol. The minimum atomic E-state index is -1.43. The topological polar surface area (TPSA) is 81.7 Å². The van der Waals surface area contributed by atoms with Crippen LogP contribution < -0.4 is 10.6 Å². The highest BCUT2D eigenvalue weighted by molar-refractivity contribution is 6.00. The van der Waals surface area contributed by atoms with Gasteiger partial charge < -0.3 is 20.6 Å². The molecule has 0 saturated heterocycles. The van der Waals surface area contributed by atoms with Crippen molar-refractivity contribution in [2.45, 2.75) is 19.9 Å². The first kappa shape index (κ1) is 16.9. The number of nitrogens with zero attached hydrogens (tertiary/aromatic N) is 1. The van der Waals surface area contributed by atoms with Crippen LogP contribution in [0.1, 0.15) is 24.2 Å². The molecular formula is C14H20FN3O3. The lowest BCUT2D eigenvalue weighted by Crippen LogP contribution is -2.38. The second kappa shape index (κ2) is 7.58. The van der Waals surface area contributed by atoms with E-state index in [1.807, 2.05) is 25.8 Å². The normalized spacial score (nSPS) is 10.8. The van der Waals surface area contributed by atoms with E-state index in [9.17, 15) is 14.0 Å². The Hall–Kier alpha value is -2.15. The molecule has 0 aromatic heterocycles. The Morgan fingerprint density at radius 2 is 2.05 bits per heavy atom. The molecule has 0 spiro atoms. The second-order valence-electron chi connectivity index (χ2n) is 4.92. The first-order valence-electron chi connectivity index (χ1n) is 6.59. The molecule has 7 heteroatoms. The zero-order valence-electron chi connectivity index (χ0n) is 12.3. The first-order chi connectivity index (χ1) is 9.82. The van der Waals surface area contributed by atoms with E-state index in [4.69, 9.17) is 5.11 Å². The third-order valence-corrected chi connectivity index (χ3v) is 3.11. The summed E-state index contributed by atoms with van der Waals surface area (Å²) in [4.78, 5) is 24.7. The predicted octanol–water partition coefficient (Wildman–Crippen LogP) is 1.99. The van der Waals surface area contributed by atoms with Gasteiger partial charge in [-0.15, -0.1) is 0 Å². The minimum Gasteiger partial charge on any atom is -0.478 e. The molecule has 0 aliphatic carbocycles. The number of urea groups is 1. The van der Waals surface area contributed by atoms with Crippen LogP contribution in [0.4, 0.5) is 14.9 Å². The summed E-state index contributed by atoms with van der Waals surface area (Å²) >= 11 is 0. The Morgan fingerprint density at radius 3 is 2.62 bits per heavy atom. The van der Waals surface area contributed by atoms with Crippen LogP contribution in [0.15, 0.2) is 18.2 Å². The van der Waals surface area contributed by atoms with E-state index >= 15 is 0 Å². The summed E-state index contributed by atoms with van der Waals surface area (Å²) in [7, 11) is 1.93. The van der Waals surface area contributed by atoms with E-state index in [2.05, 4.69) is 10.6 Å². The van der Waals surface area contributed by atoms with Gasteiger partial charge in [0.1, 0.15) is 11.4 Å². The number of nitrogens with one attached hydrogen (secondary N) is 2. The molecule has 6 nitrogen and oxygen atoms in total. The van der Waals surface area contributed by atoms with Gasteiger partial charge in [-0.2, -0.15) is 0 Å². The number of hydrogen-bond donors (Lipinski definition) is 3. The van der Waals surface area contributed by atoms with Gasteiger partial charge in [0.15, 0.2) is 0 Å². The highest BCUT2D eigenvalue weighted by Gasteiger charge is 2.17. The van der Waals surface area contributed by atoms with Gasteiger partial charge in [0.2, 0.25) is 0 Å². The second-order valence-corrected chi connectivity index (χ2v) is 4.92. The van der Waals surface area contributed by atoms with Crippen LogP contribution >= 0.6 is 0 Å². The molecule has 2 amide bonds. The number of carbonyl (C=O) groups is 2. The van der Waals surface area contributed by atoms with Crippen molar-refractivity contribution in [1.29, 1.82) is 0 Å². The average Bonchev–Trinajstić information content (AvgIpc) is 2.37. The number of rotatable bonds is 6. The number of aromatic carboxylic acids is 1. The minimum absolute atomic E-state index is 0.0720. The lowest BCUT2D eigenvalue weighted by Gasteiger charge is -2.21. The van der Waals surface area contributed by atoms with Gasteiger partial charge in [-0.3, -0.25) is 0 Å². The Morgan fingerprint density at radius 1 is 1.38 bits per heavy atom. The summed E-state index contributed by atoms with van der Waals surface area (Å²) in [5.74, 6) is -2.32. The maximum Gasteiger partial charge on any atom is 0.340 e. The number of hydrogen-bond acceptors (Lipinski definition) is 3. The van der Waals surface area contributed by atoms with Gasteiger partial charge in [0.25, 0.3) is 0 Å². The monoisotopic (exact) mass is 297 g/mol. The Labute approximate surface area is 122 Å². The van der Waals surface area contributed by atoms with E-state index in [1.165, 1.54) is 12.1 Å². The number of benzene rings is 1. The van der Waals surface area contributed by atoms with Crippen LogP contribution in [0.5, 0.6) is 0 Å². The number of anilines is 1. The van der Waals surface area contributed by atoms with Crippen molar-refractivity contribution < 1.29 is 19.1 Å². The number of carboxylic acids is 1. The molecule has 0 fully saturated rings. The summed E-state index contributed by atoms with van der Waals surface area (Å²) in [6.45, 7) is 5.12. The summed E-state index contributed by atoms with van der Waals surface area (Å²) in [5, 5.41) is 13.9. The van der Waals surface area contributed by atoms with Gasteiger partial charge in [-0.1, -0.05) is 6.07 Å². The molecule has 21 heavy (non-hydrogen) atoms. The Kier molecular flexibility index (Phi) is 6.10. The molecule has 0 radical (unpaired) electrons. The van der Waals surface area contributed by atoms with Gasteiger partial charge in [0.05, 0.1) is 5.69 Å². The predicted molar refractivity (Wildman–Crippen MR) is 78.1 cm³/mol. The van der Waals surface area contributed by atoms with Crippen LogP contribution in [0.3, 0.4) is 0 Å². The maximum atomic E-state index is 13.4. The highest BCUT2D eigenvalue weighted by Crippen LogP contribution is 2.18. The van der Waals surface area contributed by atoms with Crippen molar-refractivity contribution in [2.24, 2.45) is 0 Å². The fourth-order valence-electron chi connectivity index (χ4n) is 1.62. The summed E-state index contributed by atoms with van der Waals surface area (Å²) in [5.41, 5.74) is -0.621. The van der Waals surface area contributed by atoms with Crippen molar-refractivity contribution in [2.75, 3.05) is 25.5 Å². The van der Waals surface area contributed by atoms with Crippen molar-refractivity contribution in [3.05, 3.63) is 29.6 Å². The van der Waals surface area contributed by atoms with Crippen molar-refractivity contribution in [3.63, 3.8) is 0 Å². The molecule has 1 aromatic rings. The summed E-state index contributed by atoms with van der Waals surface area (Å²) in [6, 6.07) is 3.50. The van der Waals surface area contributed by atoms with Gasteiger partial charge in [-0.25, -0.2) is 14.0 Å². The zero-order valence-corrected chi connectivity index (χ0v) is 12.3. The lowest BCUT2D eigenvalue weighted by molar-refractivity contribution is 0.0693. The molecule has 0 unspecified atom stereocenters. The van der Waals surface area contributed by atoms with Crippen LogP contribution in [0, 0.1) is 5.82 Å². The van der Waals surface area contributed by atoms with Gasteiger partial charge in [-0.05, 0) is 33.0 Å². The van der Waals surface area contributed by atoms with Crippen molar-refractivity contribution in [3.8, 4) is 0 Å². The van der Waals surface area contributed by atoms with Gasteiger partial charge in [0, 0.05) is 19.1 Å². The molecule has 116 valence electrons. The van der Waals surface area contributed by atoms with E-state index in [-0.39, 0.29) is 5.69 Å². The third kappa shape index (κ3) is 5.03. The lowest BCUT2D eigenvalue weighted by atomic mass is 10.1. The van der Waals surface area contributed by atoms with Crippen LogP contribution in [0.2, 0.25) is 0 Å². The van der Waals surface area contributed by atoms with E-state index in [0.29, 0.717) is 19.1 Å². The molecule has 0 saturated carbocycles. The van der Waals surface area contributed by atoms with E-state index in [1.54, 1.807) is 0 Å². The highest BCUT2D eigenvalue weighted by atomic mass is 19.1. The number of amides is 2. The summed E-state index contributed by atoms with van der Waals surface area (Å²) in [6.07, 6.45) is 0. The van der Waals surface area contributed by atoms with Crippen LogP contribution in [-0.4, -0.2) is 48.2 Å².